The molecule has 0 heterocycles. The van der Waals surface area contributed by atoms with E-state index < -0.39 is 0 Å². The molecular formula is C14H22N2OS. The van der Waals surface area contributed by atoms with Gasteiger partial charge in [-0.1, -0.05) is 18.2 Å². The predicted molar refractivity (Wildman–Crippen MR) is 80.3 cm³/mol. The minimum Gasteiger partial charge on any atom is -0.385 e. The van der Waals surface area contributed by atoms with Gasteiger partial charge in [0.15, 0.2) is 0 Å². The first-order valence-corrected chi connectivity index (χ1v) is 7.68. The Kier molecular flexibility index (Phi) is 7.34. The summed E-state index contributed by atoms with van der Waals surface area (Å²) in [6, 6.07) is 8.00. The monoisotopic (exact) mass is 266 g/mol. The summed E-state index contributed by atoms with van der Waals surface area (Å²) >= 11 is 1.88. The molecule has 0 saturated carbocycles. The number of hydrogen-bond donors (Lipinski definition) is 2. The molecule has 2 N–H and O–H groups in total. The first kappa shape index (κ1) is 14.9. The Morgan fingerprint density at radius 2 is 2.06 bits per heavy atom. The number of para-hydroxylation sites is 1. The first-order chi connectivity index (χ1) is 8.77. The number of unbranched alkanes of at least 4 members (excludes halogenated alkanes) is 1. The summed E-state index contributed by atoms with van der Waals surface area (Å²) < 4.78 is 0. The molecule has 18 heavy (non-hydrogen) atoms. The fourth-order valence-electron chi connectivity index (χ4n) is 1.70. The van der Waals surface area contributed by atoms with Crippen LogP contribution in [0.5, 0.6) is 0 Å². The molecule has 0 aliphatic rings. The lowest BCUT2D eigenvalue weighted by Gasteiger charge is -2.11. The van der Waals surface area contributed by atoms with Gasteiger partial charge in [0, 0.05) is 19.3 Å². The SMILES string of the molecule is CNC(=O)Cc1ccccc1NCCCCSC. The number of anilines is 1. The molecule has 1 aromatic rings. The number of carbonyl (C=O) groups excluding carboxylic acids is 1. The molecule has 1 amide bonds. The lowest BCUT2D eigenvalue weighted by Crippen LogP contribution is -2.20. The molecule has 0 fully saturated rings. The molecule has 0 atom stereocenters. The van der Waals surface area contributed by atoms with Crippen molar-refractivity contribution in [3.63, 3.8) is 0 Å². The molecule has 0 radical (unpaired) electrons. The second kappa shape index (κ2) is 8.86. The number of hydrogen-bond acceptors (Lipinski definition) is 3. The van der Waals surface area contributed by atoms with E-state index in [9.17, 15) is 4.79 Å². The zero-order chi connectivity index (χ0) is 13.2. The summed E-state index contributed by atoms with van der Waals surface area (Å²) in [7, 11) is 1.67. The molecule has 3 nitrogen and oxygen atoms in total. The van der Waals surface area contributed by atoms with Crippen molar-refractivity contribution >= 4 is 23.4 Å². The Hall–Kier alpha value is -1.16. The van der Waals surface area contributed by atoms with Crippen molar-refractivity contribution in [3.8, 4) is 0 Å². The maximum absolute atomic E-state index is 11.4. The summed E-state index contributed by atoms with van der Waals surface area (Å²) in [6.45, 7) is 0.964. The van der Waals surface area contributed by atoms with Crippen LogP contribution in [0, 0.1) is 0 Å². The molecular weight excluding hydrogens is 244 g/mol. The Bertz CT molecular complexity index is 369. The zero-order valence-corrected chi connectivity index (χ0v) is 12.0. The second-order valence-corrected chi connectivity index (χ2v) is 5.12. The van der Waals surface area contributed by atoms with E-state index in [1.165, 1.54) is 12.2 Å². The standard InChI is InChI=1S/C14H22N2OS/c1-15-14(17)11-12-7-3-4-8-13(12)16-9-5-6-10-18-2/h3-4,7-8,16H,5-6,9-11H2,1-2H3,(H,15,17). The Labute approximate surface area is 114 Å². The van der Waals surface area contributed by atoms with Crippen LogP contribution in [-0.2, 0) is 11.2 Å². The summed E-state index contributed by atoms with van der Waals surface area (Å²) in [5.74, 6) is 1.26. The van der Waals surface area contributed by atoms with Crippen LogP contribution in [0.4, 0.5) is 5.69 Å². The highest BCUT2D eigenvalue weighted by Gasteiger charge is 2.05. The van der Waals surface area contributed by atoms with Crippen LogP contribution in [0.3, 0.4) is 0 Å². The van der Waals surface area contributed by atoms with Gasteiger partial charge in [-0.05, 0) is 36.5 Å². The Morgan fingerprint density at radius 1 is 1.28 bits per heavy atom. The second-order valence-electron chi connectivity index (χ2n) is 4.13. The lowest BCUT2D eigenvalue weighted by molar-refractivity contribution is -0.119. The van der Waals surface area contributed by atoms with Gasteiger partial charge in [-0.3, -0.25) is 4.79 Å². The van der Waals surface area contributed by atoms with E-state index in [2.05, 4.69) is 16.9 Å². The highest BCUT2D eigenvalue weighted by molar-refractivity contribution is 7.98. The topological polar surface area (TPSA) is 41.1 Å². The third kappa shape index (κ3) is 5.45. The Balaban J connectivity index is 2.46. The van der Waals surface area contributed by atoms with E-state index >= 15 is 0 Å². The van der Waals surface area contributed by atoms with Crippen molar-refractivity contribution in [2.75, 3.05) is 30.9 Å². The predicted octanol–water partition coefficient (Wildman–Crippen LogP) is 2.53. The molecule has 0 bridgehead atoms. The van der Waals surface area contributed by atoms with Gasteiger partial charge in [0.05, 0.1) is 6.42 Å². The maximum Gasteiger partial charge on any atom is 0.224 e. The van der Waals surface area contributed by atoms with Crippen molar-refractivity contribution in [2.45, 2.75) is 19.3 Å². The number of carbonyl (C=O) groups is 1. The maximum atomic E-state index is 11.4. The van der Waals surface area contributed by atoms with E-state index in [4.69, 9.17) is 0 Å². The van der Waals surface area contributed by atoms with Crippen LogP contribution >= 0.6 is 11.8 Å². The minimum absolute atomic E-state index is 0.0478. The van der Waals surface area contributed by atoms with Gasteiger partial charge < -0.3 is 10.6 Å². The van der Waals surface area contributed by atoms with Gasteiger partial charge in [0.25, 0.3) is 0 Å². The highest BCUT2D eigenvalue weighted by atomic mass is 32.2. The summed E-state index contributed by atoms with van der Waals surface area (Å²) in [5, 5.41) is 6.07. The van der Waals surface area contributed by atoms with Gasteiger partial charge in [0.2, 0.25) is 5.91 Å². The molecule has 0 spiro atoms. The average molecular weight is 266 g/mol. The molecule has 0 saturated heterocycles. The molecule has 100 valence electrons. The molecule has 0 aliphatic carbocycles. The fourth-order valence-corrected chi connectivity index (χ4v) is 2.20. The van der Waals surface area contributed by atoms with E-state index in [1.54, 1.807) is 7.05 Å². The van der Waals surface area contributed by atoms with Crippen LogP contribution in [0.1, 0.15) is 18.4 Å². The molecule has 1 rings (SSSR count). The van der Waals surface area contributed by atoms with Crippen LogP contribution in [-0.4, -0.2) is 31.5 Å². The largest absolute Gasteiger partial charge is 0.385 e. The van der Waals surface area contributed by atoms with E-state index in [0.29, 0.717) is 6.42 Å². The first-order valence-electron chi connectivity index (χ1n) is 6.29. The summed E-state index contributed by atoms with van der Waals surface area (Å²) in [4.78, 5) is 11.4. The van der Waals surface area contributed by atoms with Crippen LogP contribution in [0.15, 0.2) is 24.3 Å². The Morgan fingerprint density at radius 3 is 2.78 bits per heavy atom. The number of benzene rings is 1. The molecule has 1 aromatic carbocycles. The number of rotatable bonds is 8. The number of thioether (sulfide) groups is 1. The van der Waals surface area contributed by atoms with Gasteiger partial charge in [-0.2, -0.15) is 11.8 Å². The van der Waals surface area contributed by atoms with Crippen molar-refractivity contribution in [1.29, 1.82) is 0 Å². The number of nitrogens with one attached hydrogen (secondary N) is 2. The minimum atomic E-state index is 0.0478. The number of amides is 1. The van der Waals surface area contributed by atoms with Crippen LogP contribution in [0.2, 0.25) is 0 Å². The molecule has 4 heteroatoms. The fraction of sp³-hybridized carbons (Fsp3) is 0.500. The van der Waals surface area contributed by atoms with Crippen molar-refractivity contribution < 1.29 is 4.79 Å². The third-order valence-electron chi connectivity index (χ3n) is 2.74. The molecule has 0 aromatic heterocycles. The van der Waals surface area contributed by atoms with E-state index in [-0.39, 0.29) is 5.91 Å². The quantitative estimate of drug-likeness (QED) is 0.710. The van der Waals surface area contributed by atoms with Gasteiger partial charge >= 0.3 is 0 Å². The highest BCUT2D eigenvalue weighted by Crippen LogP contribution is 2.15. The molecule has 0 unspecified atom stereocenters. The normalized spacial score (nSPS) is 10.1. The smallest absolute Gasteiger partial charge is 0.224 e. The van der Waals surface area contributed by atoms with Gasteiger partial charge in [-0.15, -0.1) is 0 Å². The van der Waals surface area contributed by atoms with Gasteiger partial charge in [0.1, 0.15) is 0 Å². The summed E-state index contributed by atoms with van der Waals surface area (Å²) in [5.41, 5.74) is 2.13. The third-order valence-corrected chi connectivity index (χ3v) is 3.43. The van der Waals surface area contributed by atoms with Crippen LogP contribution < -0.4 is 10.6 Å². The van der Waals surface area contributed by atoms with Gasteiger partial charge in [-0.25, -0.2) is 0 Å². The van der Waals surface area contributed by atoms with Crippen LogP contribution in [0.25, 0.3) is 0 Å². The van der Waals surface area contributed by atoms with Crippen molar-refractivity contribution in [3.05, 3.63) is 29.8 Å². The van der Waals surface area contributed by atoms with Crippen molar-refractivity contribution in [2.24, 2.45) is 0 Å². The lowest BCUT2D eigenvalue weighted by atomic mass is 10.1. The average Bonchev–Trinajstić information content (AvgIpc) is 2.40. The number of likely N-dealkylation sites (N-methyl/N-ethyl adjacent to an activating group) is 1. The van der Waals surface area contributed by atoms with E-state index in [1.807, 2.05) is 36.0 Å². The van der Waals surface area contributed by atoms with Crippen molar-refractivity contribution in [1.82, 2.24) is 5.32 Å². The summed E-state index contributed by atoms with van der Waals surface area (Å²) in [6.07, 6.45) is 4.96. The molecule has 0 aliphatic heterocycles. The zero-order valence-electron chi connectivity index (χ0n) is 11.2. The van der Waals surface area contributed by atoms with E-state index in [0.717, 1.165) is 24.2 Å².